The van der Waals surface area contributed by atoms with Gasteiger partial charge in [-0.1, -0.05) is 164 Å². The molecule has 0 aliphatic heterocycles. The molecule has 9 heteroatoms. The maximum Gasteiger partial charge on any atom is 0.248 e. The Morgan fingerprint density at radius 2 is 0.898 bits per heavy atom. The van der Waals surface area contributed by atoms with Crippen LogP contribution in [0.5, 0.6) is 0 Å². The van der Waals surface area contributed by atoms with Crippen LogP contribution in [0.1, 0.15) is 23.7 Å². The third kappa shape index (κ3) is 6.58. The first kappa shape index (κ1) is 47.7. The van der Waals surface area contributed by atoms with Crippen molar-refractivity contribution in [3.8, 4) is 45.4 Å². The molecule has 0 radical (unpaired) electrons. The summed E-state index contributed by atoms with van der Waals surface area (Å²) in [5.41, 5.74) is 17.1. The normalized spacial score (nSPS) is 14.3. The number of hydrogen-bond donors (Lipinski definition) is 0. The molecule has 12 aromatic carbocycles. The summed E-state index contributed by atoms with van der Waals surface area (Å²) < 4.78 is 24.8. The molecule has 0 saturated carbocycles. The summed E-state index contributed by atoms with van der Waals surface area (Å²) in [5.74, 6) is 1.43. The summed E-state index contributed by atoms with van der Waals surface area (Å²) in [6.07, 6.45) is 0.583. The molecule has 1 unspecified atom stereocenters. The van der Waals surface area contributed by atoms with Crippen molar-refractivity contribution in [1.82, 2.24) is 29.1 Å². The molecule has 9 nitrogen and oxygen atoms in total. The third-order valence-corrected chi connectivity index (χ3v) is 18.9. The Labute approximate surface area is 500 Å². The summed E-state index contributed by atoms with van der Waals surface area (Å²) in [7, 11) is 0. The van der Waals surface area contributed by atoms with Crippen LogP contribution in [-0.4, -0.2) is 29.1 Å². The molecular weight excluding hydrogens is 1080 g/mol. The zero-order valence-electron chi connectivity index (χ0n) is 47.3. The standard InChI is InChI=1S/C79H46N6O3/c1-79(61-28-11-6-25-56(61)72-75(79)82-76(71(80-72)49-33-35-54-53-24-9-14-31-66(53)86-69(54)42-49)84-62-29-12-7-22-51(62)58-37-44-17-2-4-19-46(44)40-64(58)84)43-50-21-16-27-55-60-39-48(34-36-68(60)87-74(50)55)70-77(83-78-73(81-70)57-26-10-15-32-67(57)88-78)85-63-30-13-8-23-52(63)59-38-45-18-3-5-20-47(45)41-65(59)85/h2-42H,43H2,1H3. The van der Waals surface area contributed by atoms with Crippen LogP contribution in [-0.2, 0) is 11.8 Å². The maximum atomic E-state index is 7.12. The minimum Gasteiger partial charge on any atom is -0.456 e. The predicted octanol–water partition coefficient (Wildman–Crippen LogP) is 20.3. The van der Waals surface area contributed by atoms with Gasteiger partial charge >= 0.3 is 0 Å². The molecule has 0 bridgehead atoms. The van der Waals surface area contributed by atoms with Gasteiger partial charge in [0.25, 0.3) is 0 Å². The highest BCUT2D eigenvalue weighted by Gasteiger charge is 2.44. The number of furan rings is 3. The zero-order valence-corrected chi connectivity index (χ0v) is 47.3. The second kappa shape index (κ2) is 17.5. The lowest BCUT2D eigenvalue weighted by Gasteiger charge is -2.27. The fourth-order valence-electron chi connectivity index (χ4n) is 14.9. The molecule has 20 rings (SSSR count). The Morgan fingerprint density at radius 1 is 0.352 bits per heavy atom. The van der Waals surface area contributed by atoms with Crippen LogP contribution in [0.4, 0.5) is 0 Å². The quantitative estimate of drug-likeness (QED) is 0.163. The van der Waals surface area contributed by atoms with E-state index < -0.39 is 5.41 Å². The first-order valence-corrected chi connectivity index (χ1v) is 29.9. The van der Waals surface area contributed by atoms with E-state index in [9.17, 15) is 0 Å². The first-order valence-electron chi connectivity index (χ1n) is 29.9. The average molecular weight is 1130 g/mol. The van der Waals surface area contributed by atoms with Gasteiger partial charge in [-0.05, 0) is 131 Å². The Kier molecular flexibility index (Phi) is 9.46. The minimum absolute atomic E-state index is 0.482. The summed E-state index contributed by atoms with van der Waals surface area (Å²) in [5, 5.41) is 14.3. The van der Waals surface area contributed by atoms with Crippen molar-refractivity contribution in [2.24, 2.45) is 0 Å². The van der Waals surface area contributed by atoms with Gasteiger partial charge in [0.2, 0.25) is 5.71 Å². The van der Waals surface area contributed by atoms with E-state index in [-0.39, 0.29) is 0 Å². The number of hydrogen-bond acceptors (Lipinski definition) is 7. The number of nitrogens with zero attached hydrogens (tertiary/aromatic N) is 6. The Hall–Kier alpha value is -11.7. The van der Waals surface area contributed by atoms with E-state index >= 15 is 0 Å². The number of rotatable bonds is 6. The third-order valence-electron chi connectivity index (χ3n) is 18.9. The van der Waals surface area contributed by atoms with Gasteiger partial charge in [0.1, 0.15) is 44.8 Å². The second-order valence-corrected chi connectivity index (χ2v) is 23.8. The molecule has 19 aromatic rings. The number of para-hydroxylation sites is 5. The van der Waals surface area contributed by atoms with E-state index in [0.717, 1.165) is 166 Å². The highest BCUT2D eigenvalue weighted by molar-refractivity contribution is 6.16. The summed E-state index contributed by atoms with van der Waals surface area (Å²) in [4.78, 5) is 22.9. The fraction of sp³-hybridized carbons (Fsp3) is 0.0380. The van der Waals surface area contributed by atoms with E-state index in [1.165, 1.54) is 10.8 Å². The van der Waals surface area contributed by atoms with Crippen molar-refractivity contribution in [3.05, 3.63) is 266 Å². The average Bonchev–Trinajstić information content (AvgIpc) is 2.82. The van der Waals surface area contributed by atoms with Crippen molar-refractivity contribution in [1.29, 1.82) is 0 Å². The highest BCUT2D eigenvalue weighted by Crippen LogP contribution is 2.52. The van der Waals surface area contributed by atoms with Crippen molar-refractivity contribution in [2.75, 3.05) is 0 Å². The molecular formula is C79H46N6O3. The van der Waals surface area contributed by atoms with Crippen LogP contribution in [0.15, 0.2) is 262 Å². The van der Waals surface area contributed by atoms with E-state index in [1.807, 2.05) is 30.3 Å². The Balaban J connectivity index is 0.785. The summed E-state index contributed by atoms with van der Waals surface area (Å²) in [6, 6.07) is 88.1. The number of benzene rings is 12. The van der Waals surface area contributed by atoms with Gasteiger partial charge in [0.05, 0.1) is 33.5 Å². The fourth-order valence-corrected chi connectivity index (χ4v) is 14.9. The molecule has 0 N–H and O–H groups in total. The molecule has 0 fully saturated rings. The zero-order chi connectivity index (χ0) is 57.5. The first-order chi connectivity index (χ1) is 43.5. The minimum atomic E-state index is -0.653. The van der Waals surface area contributed by atoms with Crippen molar-refractivity contribution < 1.29 is 13.3 Å². The van der Waals surface area contributed by atoms with Gasteiger partial charge in [-0.3, -0.25) is 9.13 Å². The maximum absolute atomic E-state index is 7.12. The van der Waals surface area contributed by atoms with Gasteiger partial charge in [0.15, 0.2) is 11.6 Å². The molecule has 88 heavy (non-hydrogen) atoms. The van der Waals surface area contributed by atoms with Gasteiger partial charge < -0.3 is 13.3 Å². The number of aromatic nitrogens is 6. The highest BCUT2D eigenvalue weighted by atomic mass is 16.3. The predicted molar refractivity (Wildman–Crippen MR) is 356 cm³/mol. The summed E-state index contributed by atoms with van der Waals surface area (Å²) in [6.45, 7) is 2.34. The lowest BCUT2D eigenvalue weighted by Crippen LogP contribution is -2.26. The van der Waals surface area contributed by atoms with Crippen molar-refractivity contribution in [3.63, 3.8) is 0 Å². The van der Waals surface area contributed by atoms with Crippen LogP contribution in [0.3, 0.4) is 0 Å². The van der Waals surface area contributed by atoms with E-state index in [4.69, 9.17) is 33.2 Å². The Morgan fingerprint density at radius 3 is 1.62 bits per heavy atom. The molecule has 410 valence electrons. The molecule has 7 heterocycles. The summed E-state index contributed by atoms with van der Waals surface area (Å²) >= 11 is 0. The van der Waals surface area contributed by atoms with Crippen LogP contribution in [0.25, 0.3) is 177 Å². The Bertz CT molecular complexity index is 6270. The van der Waals surface area contributed by atoms with Crippen LogP contribution in [0.2, 0.25) is 0 Å². The molecule has 1 aliphatic rings. The molecule has 0 spiro atoms. The van der Waals surface area contributed by atoms with Crippen LogP contribution < -0.4 is 0 Å². The number of fused-ring (bicyclic) bond motifs is 20. The van der Waals surface area contributed by atoms with Gasteiger partial charge in [-0.2, -0.15) is 4.98 Å². The van der Waals surface area contributed by atoms with Crippen LogP contribution in [0, 0.1) is 0 Å². The lowest BCUT2D eigenvalue weighted by molar-refractivity contribution is 0.557. The molecule has 0 amide bonds. The second-order valence-electron chi connectivity index (χ2n) is 23.8. The monoisotopic (exact) mass is 1130 g/mol. The smallest absolute Gasteiger partial charge is 0.248 e. The lowest BCUT2D eigenvalue weighted by atomic mass is 9.77. The van der Waals surface area contributed by atoms with Gasteiger partial charge in [-0.15, -0.1) is 0 Å². The van der Waals surface area contributed by atoms with Gasteiger partial charge in [0, 0.05) is 70.6 Å². The van der Waals surface area contributed by atoms with Crippen molar-refractivity contribution >= 4 is 131 Å². The van der Waals surface area contributed by atoms with Crippen molar-refractivity contribution in [2.45, 2.75) is 18.8 Å². The van der Waals surface area contributed by atoms with E-state index in [0.29, 0.717) is 23.5 Å². The SMILES string of the molecule is CC1(Cc2cccc3c2oc2ccc(-c4nc5c(nc4-n4c6ccccc6c6cc7ccccc7cc64)oc4ccccc45)cc23)c2ccccc2-c2nc(-c3ccc4c(c3)oc3ccccc34)c(-n3c4ccccc4c4cc5ccccc5cc43)nc21. The molecule has 0 saturated heterocycles. The van der Waals surface area contributed by atoms with Gasteiger partial charge in [-0.25, -0.2) is 15.0 Å². The molecule has 1 aliphatic carbocycles. The van der Waals surface area contributed by atoms with E-state index in [1.54, 1.807) is 0 Å². The molecule has 1 atom stereocenters. The van der Waals surface area contributed by atoms with E-state index in [2.05, 4.69) is 234 Å². The van der Waals surface area contributed by atoms with Crippen LogP contribution >= 0.6 is 0 Å². The largest absolute Gasteiger partial charge is 0.456 e. The topological polar surface area (TPSA) is 101 Å². The molecule has 7 aromatic heterocycles.